The summed E-state index contributed by atoms with van der Waals surface area (Å²) in [5, 5.41) is 4.05. The second-order valence-electron chi connectivity index (χ2n) is 6.38. The van der Waals surface area contributed by atoms with Crippen molar-refractivity contribution in [2.24, 2.45) is 0 Å². The zero-order valence-corrected chi connectivity index (χ0v) is 13.8. The van der Waals surface area contributed by atoms with Crippen molar-refractivity contribution < 1.29 is 4.79 Å². The third-order valence-corrected chi connectivity index (χ3v) is 4.68. The molecule has 0 aliphatic carbocycles. The monoisotopic (exact) mass is 311 g/mol. The largest absolute Gasteiger partial charge is 0.351 e. The Bertz CT molecular complexity index is 670. The number of pyridine rings is 1. The van der Waals surface area contributed by atoms with E-state index in [0.29, 0.717) is 18.3 Å². The molecule has 1 saturated heterocycles. The molecule has 1 N–H and O–H groups in total. The van der Waals surface area contributed by atoms with Crippen LogP contribution in [0.4, 0.5) is 0 Å². The van der Waals surface area contributed by atoms with Crippen molar-refractivity contribution in [2.45, 2.75) is 38.6 Å². The van der Waals surface area contributed by atoms with Gasteiger partial charge in [-0.1, -0.05) is 30.7 Å². The molecule has 1 aromatic carbocycles. The number of nitrogens with zero attached hydrogens (tertiary/aromatic N) is 2. The van der Waals surface area contributed by atoms with Crippen LogP contribution in [-0.2, 0) is 0 Å². The summed E-state index contributed by atoms with van der Waals surface area (Å²) < 4.78 is 0. The molecule has 0 spiro atoms. The normalized spacial score (nSPS) is 18.9. The first-order valence-corrected chi connectivity index (χ1v) is 8.62. The molecule has 0 bridgehead atoms. The number of carbonyl (C=O) groups is 1. The number of fused-ring (bicyclic) bond motifs is 1. The third-order valence-electron chi connectivity index (χ3n) is 4.68. The van der Waals surface area contributed by atoms with Gasteiger partial charge in [0.15, 0.2) is 0 Å². The average Bonchev–Trinajstić information content (AvgIpc) is 2.59. The fourth-order valence-electron chi connectivity index (χ4n) is 3.26. The Kier molecular flexibility index (Phi) is 5.23. The van der Waals surface area contributed by atoms with Crippen LogP contribution in [0.25, 0.3) is 10.9 Å². The molecule has 3 rings (SSSR count). The van der Waals surface area contributed by atoms with E-state index >= 15 is 0 Å². The lowest BCUT2D eigenvalue weighted by atomic mass is 10.0. The predicted octanol–water partition coefficient (Wildman–Crippen LogP) is 3.23. The molecule has 4 nitrogen and oxygen atoms in total. The quantitative estimate of drug-likeness (QED) is 0.862. The van der Waals surface area contributed by atoms with Crippen LogP contribution in [0.1, 0.15) is 43.1 Å². The topological polar surface area (TPSA) is 45.2 Å². The number of para-hydroxylation sites is 1. The molecule has 2 heterocycles. The highest BCUT2D eigenvalue weighted by atomic mass is 16.1. The van der Waals surface area contributed by atoms with E-state index in [1.54, 1.807) is 6.07 Å². The zero-order chi connectivity index (χ0) is 16.1. The van der Waals surface area contributed by atoms with Crippen molar-refractivity contribution in [2.75, 3.05) is 19.6 Å². The average molecular weight is 311 g/mol. The van der Waals surface area contributed by atoms with Crippen LogP contribution in [0.3, 0.4) is 0 Å². The number of piperidine rings is 1. The fraction of sp³-hybridized carbons (Fsp3) is 0.474. The summed E-state index contributed by atoms with van der Waals surface area (Å²) in [5.74, 6) is -0.0811. The molecule has 1 unspecified atom stereocenters. The van der Waals surface area contributed by atoms with Gasteiger partial charge in [0, 0.05) is 24.5 Å². The Hall–Kier alpha value is -1.94. The number of likely N-dealkylation sites (tertiary alicyclic amines) is 1. The number of amides is 1. The number of aromatic nitrogens is 1. The van der Waals surface area contributed by atoms with Crippen molar-refractivity contribution in [1.29, 1.82) is 0 Å². The van der Waals surface area contributed by atoms with Crippen molar-refractivity contribution >= 4 is 16.8 Å². The molecule has 2 aromatic rings. The van der Waals surface area contributed by atoms with Gasteiger partial charge in [0.05, 0.1) is 5.52 Å². The van der Waals surface area contributed by atoms with Crippen molar-refractivity contribution in [1.82, 2.24) is 15.2 Å². The van der Waals surface area contributed by atoms with Gasteiger partial charge in [-0.3, -0.25) is 4.79 Å². The Morgan fingerprint density at radius 1 is 1.26 bits per heavy atom. The van der Waals surface area contributed by atoms with Crippen molar-refractivity contribution in [3.63, 3.8) is 0 Å². The summed E-state index contributed by atoms with van der Waals surface area (Å²) in [6.07, 6.45) is 4.94. The Morgan fingerprint density at radius 3 is 3.00 bits per heavy atom. The van der Waals surface area contributed by atoms with Crippen LogP contribution in [0, 0.1) is 0 Å². The van der Waals surface area contributed by atoms with Crippen molar-refractivity contribution in [3.05, 3.63) is 42.1 Å². The second kappa shape index (κ2) is 7.55. The first-order chi connectivity index (χ1) is 11.2. The van der Waals surface area contributed by atoms with Crippen molar-refractivity contribution in [3.8, 4) is 0 Å². The highest BCUT2D eigenvalue weighted by molar-refractivity contribution is 5.94. The summed E-state index contributed by atoms with van der Waals surface area (Å²) in [5.41, 5.74) is 1.36. The molecule has 0 saturated carbocycles. The van der Waals surface area contributed by atoms with E-state index in [2.05, 4.69) is 22.1 Å². The number of hydrogen-bond acceptors (Lipinski definition) is 3. The molecule has 1 amide bonds. The molecule has 0 radical (unpaired) electrons. The second-order valence-corrected chi connectivity index (χ2v) is 6.38. The number of hydrogen-bond donors (Lipinski definition) is 1. The van der Waals surface area contributed by atoms with E-state index in [0.717, 1.165) is 23.9 Å². The van der Waals surface area contributed by atoms with E-state index in [1.165, 1.54) is 25.8 Å². The maximum absolute atomic E-state index is 12.2. The van der Waals surface area contributed by atoms with Gasteiger partial charge in [-0.2, -0.15) is 0 Å². The fourth-order valence-corrected chi connectivity index (χ4v) is 3.26. The summed E-state index contributed by atoms with van der Waals surface area (Å²) >= 11 is 0. The van der Waals surface area contributed by atoms with E-state index in [4.69, 9.17) is 0 Å². The smallest absolute Gasteiger partial charge is 0.269 e. The standard InChI is InChI=1S/C19H25N3O/c1-15-7-4-5-13-22(15)14-6-12-20-19(23)18-11-10-16-8-2-3-9-17(16)21-18/h2-3,8-11,15H,4-7,12-14H2,1H3,(H,20,23). The van der Waals surface area contributed by atoms with Gasteiger partial charge in [0.25, 0.3) is 5.91 Å². The van der Waals surface area contributed by atoms with Crippen LogP contribution in [0.5, 0.6) is 0 Å². The zero-order valence-electron chi connectivity index (χ0n) is 13.8. The van der Waals surface area contributed by atoms with Gasteiger partial charge in [-0.15, -0.1) is 0 Å². The highest BCUT2D eigenvalue weighted by Crippen LogP contribution is 2.16. The number of nitrogens with one attached hydrogen (secondary N) is 1. The minimum absolute atomic E-state index is 0.0811. The number of rotatable bonds is 5. The first-order valence-electron chi connectivity index (χ1n) is 8.62. The van der Waals surface area contributed by atoms with E-state index in [1.807, 2.05) is 30.3 Å². The molecule has 1 fully saturated rings. The maximum atomic E-state index is 12.2. The first kappa shape index (κ1) is 15.9. The Balaban J connectivity index is 1.48. The van der Waals surface area contributed by atoms with E-state index in [-0.39, 0.29) is 5.91 Å². The summed E-state index contributed by atoms with van der Waals surface area (Å²) in [7, 11) is 0. The molecular formula is C19H25N3O. The van der Waals surface area contributed by atoms with Crippen LogP contribution in [0.2, 0.25) is 0 Å². The van der Waals surface area contributed by atoms with Crippen LogP contribution < -0.4 is 5.32 Å². The molecule has 1 atom stereocenters. The highest BCUT2D eigenvalue weighted by Gasteiger charge is 2.17. The molecule has 1 aromatic heterocycles. The van der Waals surface area contributed by atoms with Gasteiger partial charge in [0.1, 0.15) is 5.69 Å². The summed E-state index contributed by atoms with van der Waals surface area (Å²) in [6, 6.07) is 12.3. The van der Waals surface area contributed by atoms with Gasteiger partial charge in [-0.05, 0) is 44.9 Å². The lowest BCUT2D eigenvalue weighted by molar-refractivity contribution is 0.0944. The summed E-state index contributed by atoms with van der Waals surface area (Å²) in [4.78, 5) is 19.2. The predicted molar refractivity (Wildman–Crippen MR) is 93.6 cm³/mol. The Labute approximate surface area is 137 Å². The molecule has 4 heteroatoms. The molecule has 1 aliphatic rings. The number of benzene rings is 1. The SMILES string of the molecule is CC1CCCCN1CCCNC(=O)c1ccc2ccccc2n1. The minimum Gasteiger partial charge on any atom is -0.351 e. The minimum atomic E-state index is -0.0811. The van der Waals surface area contributed by atoms with E-state index in [9.17, 15) is 4.79 Å². The van der Waals surface area contributed by atoms with Gasteiger partial charge >= 0.3 is 0 Å². The maximum Gasteiger partial charge on any atom is 0.269 e. The van der Waals surface area contributed by atoms with E-state index < -0.39 is 0 Å². The number of carbonyl (C=O) groups excluding carboxylic acids is 1. The molecule has 122 valence electrons. The van der Waals surface area contributed by atoms with Crippen LogP contribution in [0.15, 0.2) is 36.4 Å². The van der Waals surface area contributed by atoms with Crippen LogP contribution >= 0.6 is 0 Å². The van der Waals surface area contributed by atoms with Crippen LogP contribution in [-0.4, -0.2) is 41.5 Å². The lowest BCUT2D eigenvalue weighted by Gasteiger charge is -2.33. The lowest BCUT2D eigenvalue weighted by Crippen LogP contribution is -2.39. The summed E-state index contributed by atoms with van der Waals surface area (Å²) in [6.45, 7) is 5.27. The molecule has 1 aliphatic heterocycles. The Morgan fingerprint density at radius 2 is 2.13 bits per heavy atom. The molecular weight excluding hydrogens is 286 g/mol. The third kappa shape index (κ3) is 4.08. The molecule has 23 heavy (non-hydrogen) atoms. The van der Waals surface area contributed by atoms with Gasteiger partial charge in [0.2, 0.25) is 0 Å². The van der Waals surface area contributed by atoms with Gasteiger partial charge in [-0.25, -0.2) is 4.98 Å². The van der Waals surface area contributed by atoms with Gasteiger partial charge < -0.3 is 10.2 Å².